The number of benzene rings is 2. The molecule has 0 saturated carbocycles. The zero-order chi connectivity index (χ0) is 18.8. The Morgan fingerprint density at radius 2 is 1.96 bits per heavy atom. The van der Waals surface area contributed by atoms with Crippen molar-refractivity contribution in [3.8, 4) is 17.2 Å². The summed E-state index contributed by atoms with van der Waals surface area (Å²) in [7, 11) is 1.42. The number of rotatable bonds is 6. The van der Waals surface area contributed by atoms with E-state index in [0.717, 1.165) is 11.3 Å². The van der Waals surface area contributed by atoms with Gasteiger partial charge < -0.3 is 25.4 Å². The van der Waals surface area contributed by atoms with Crippen molar-refractivity contribution < 1.29 is 29.3 Å². The monoisotopic (exact) mass is 373 g/mol. The minimum absolute atomic E-state index is 0.0131. The molecule has 1 heterocycles. The van der Waals surface area contributed by atoms with Gasteiger partial charge in [-0.25, -0.2) is 4.79 Å². The van der Waals surface area contributed by atoms with Crippen molar-refractivity contribution in [1.29, 1.82) is 0 Å². The maximum absolute atomic E-state index is 11.6. The third-order valence-corrected chi connectivity index (χ3v) is 4.99. The lowest BCUT2D eigenvalue weighted by atomic mass is 10.1. The van der Waals surface area contributed by atoms with Crippen LogP contribution < -0.4 is 15.2 Å². The van der Waals surface area contributed by atoms with Gasteiger partial charge in [-0.1, -0.05) is 6.07 Å². The van der Waals surface area contributed by atoms with Crippen molar-refractivity contribution in [3.05, 3.63) is 52.4 Å². The van der Waals surface area contributed by atoms with Gasteiger partial charge in [0.05, 0.1) is 7.11 Å². The van der Waals surface area contributed by atoms with Crippen LogP contribution in [0.15, 0.2) is 36.4 Å². The molecule has 0 aliphatic carbocycles. The molecule has 2 aromatic carbocycles. The summed E-state index contributed by atoms with van der Waals surface area (Å²) in [6, 6.07) is 9.33. The van der Waals surface area contributed by atoms with Gasteiger partial charge in [-0.2, -0.15) is 0 Å². The molecule has 0 fully saturated rings. The molecule has 0 atom stereocenters. The number of aromatic hydroxyl groups is 1. The summed E-state index contributed by atoms with van der Waals surface area (Å²) >= 11 is 1.07. The number of fused-ring (bicyclic) bond motifs is 1. The van der Waals surface area contributed by atoms with Crippen LogP contribution in [0.1, 0.15) is 25.6 Å². The van der Waals surface area contributed by atoms with Crippen molar-refractivity contribution in [2.75, 3.05) is 7.11 Å². The molecule has 134 valence electrons. The number of carbonyl (C=O) groups excluding carboxylic acids is 1. The van der Waals surface area contributed by atoms with E-state index in [1.54, 1.807) is 12.1 Å². The molecule has 0 bridgehead atoms. The maximum Gasteiger partial charge on any atom is 0.346 e. The second-order valence-corrected chi connectivity index (χ2v) is 6.44. The van der Waals surface area contributed by atoms with E-state index < -0.39 is 11.9 Å². The fraction of sp³-hybridized carbons (Fsp3) is 0.111. The van der Waals surface area contributed by atoms with Gasteiger partial charge in [0.15, 0.2) is 11.5 Å². The quantitative estimate of drug-likeness (QED) is 0.611. The highest BCUT2D eigenvalue weighted by atomic mass is 32.1. The summed E-state index contributed by atoms with van der Waals surface area (Å²) < 4.78 is 11.6. The molecule has 1 amide bonds. The lowest BCUT2D eigenvalue weighted by Crippen LogP contribution is -2.11. The average Bonchev–Trinajstić information content (AvgIpc) is 3.00. The molecule has 0 saturated heterocycles. The highest BCUT2D eigenvalue weighted by Gasteiger charge is 2.21. The molecule has 0 radical (unpaired) electrons. The first-order valence-electron chi connectivity index (χ1n) is 7.49. The van der Waals surface area contributed by atoms with Gasteiger partial charge in [-0.15, -0.1) is 11.3 Å². The number of aromatic carboxylic acids is 1. The third-order valence-electron chi connectivity index (χ3n) is 3.81. The number of carbonyl (C=O) groups is 2. The SMILES string of the molecule is COc1cc(C(N)=O)ccc1OCc1c(C(=O)O)sc2cccc(O)c12. The topological polar surface area (TPSA) is 119 Å². The Labute approximate surface area is 152 Å². The number of amides is 1. The van der Waals surface area contributed by atoms with Gasteiger partial charge in [-0.3, -0.25) is 4.79 Å². The average molecular weight is 373 g/mol. The predicted octanol–water partition coefficient (Wildman–Crippen LogP) is 2.99. The van der Waals surface area contributed by atoms with Crippen LogP contribution in [0.25, 0.3) is 10.1 Å². The van der Waals surface area contributed by atoms with Gasteiger partial charge >= 0.3 is 5.97 Å². The lowest BCUT2D eigenvalue weighted by Gasteiger charge is -2.12. The lowest BCUT2D eigenvalue weighted by molar-refractivity contribution is 0.0699. The van der Waals surface area contributed by atoms with Crippen LogP contribution in [0.4, 0.5) is 0 Å². The number of ether oxygens (including phenoxy) is 2. The molecule has 0 unspecified atom stereocenters. The highest BCUT2D eigenvalue weighted by Crippen LogP contribution is 2.38. The minimum atomic E-state index is -1.10. The Morgan fingerprint density at radius 1 is 1.19 bits per heavy atom. The Kier molecular flexibility index (Phi) is 4.68. The number of carboxylic acid groups (broad SMARTS) is 1. The van der Waals surface area contributed by atoms with E-state index in [4.69, 9.17) is 15.2 Å². The summed E-state index contributed by atoms with van der Waals surface area (Å²) in [5.41, 5.74) is 5.88. The van der Waals surface area contributed by atoms with Crippen molar-refractivity contribution in [3.63, 3.8) is 0 Å². The smallest absolute Gasteiger partial charge is 0.346 e. The summed E-state index contributed by atoms with van der Waals surface area (Å²) in [6.07, 6.45) is 0. The van der Waals surface area contributed by atoms with Gasteiger partial charge in [0, 0.05) is 21.2 Å². The summed E-state index contributed by atoms with van der Waals surface area (Å²) in [4.78, 5) is 22.9. The fourth-order valence-electron chi connectivity index (χ4n) is 2.59. The van der Waals surface area contributed by atoms with Gasteiger partial charge in [0.1, 0.15) is 17.2 Å². The van der Waals surface area contributed by atoms with E-state index in [1.165, 1.54) is 31.4 Å². The van der Waals surface area contributed by atoms with Crippen molar-refractivity contribution >= 4 is 33.3 Å². The van der Waals surface area contributed by atoms with Crippen LogP contribution in [-0.4, -0.2) is 29.2 Å². The molecule has 3 aromatic rings. The summed E-state index contributed by atoms with van der Waals surface area (Å²) in [5.74, 6) is -1.09. The Balaban J connectivity index is 1.99. The van der Waals surface area contributed by atoms with E-state index in [-0.39, 0.29) is 22.8 Å². The van der Waals surface area contributed by atoms with Crippen LogP contribution in [0.3, 0.4) is 0 Å². The predicted molar refractivity (Wildman–Crippen MR) is 96.3 cm³/mol. The molecular formula is C18H15NO6S. The summed E-state index contributed by atoms with van der Waals surface area (Å²) in [6.45, 7) is -0.0918. The van der Waals surface area contributed by atoms with Crippen LogP contribution in [0.5, 0.6) is 17.2 Å². The second-order valence-electron chi connectivity index (χ2n) is 5.38. The molecule has 0 spiro atoms. The summed E-state index contributed by atoms with van der Waals surface area (Å²) in [5, 5.41) is 20.0. The van der Waals surface area contributed by atoms with E-state index >= 15 is 0 Å². The molecule has 26 heavy (non-hydrogen) atoms. The third kappa shape index (κ3) is 3.14. The maximum atomic E-state index is 11.6. The van der Waals surface area contributed by atoms with Crippen LogP contribution in [0.2, 0.25) is 0 Å². The van der Waals surface area contributed by atoms with Crippen molar-refractivity contribution in [1.82, 2.24) is 0 Å². The van der Waals surface area contributed by atoms with Gasteiger partial charge in [0.2, 0.25) is 5.91 Å². The van der Waals surface area contributed by atoms with Crippen LogP contribution in [-0.2, 0) is 6.61 Å². The fourth-order valence-corrected chi connectivity index (χ4v) is 3.66. The number of carboxylic acids is 1. The van der Waals surface area contributed by atoms with Gasteiger partial charge in [-0.05, 0) is 30.3 Å². The van der Waals surface area contributed by atoms with E-state index in [2.05, 4.69) is 0 Å². The normalized spacial score (nSPS) is 10.7. The first-order chi connectivity index (χ1) is 12.4. The van der Waals surface area contributed by atoms with Crippen LogP contribution >= 0.6 is 11.3 Å². The standard InChI is InChI=1S/C18H15NO6S/c1-24-13-7-9(17(19)21)5-6-12(13)25-8-10-15-11(20)3-2-4-14(15)26-16(10)18(22)23/h2-7,20H,8H2,1H3,(H2,19,21)(H,22,23). The minimum Gasteiger partial charge on any atom is -0.507 e. The molecule has 3 rings (SSSR count). The van der Waals surface area contributed by atoms with E-state index in [0.29, 0.717) is 27.1 Å². The van der Waals surface area contributed by atoms with Crippen molar-refractivity contribution in [2.45, 2.75) is 6.61 Å². The molecule has 4 N–H and O–H groups in total. The Bertz CT molecular complexity index is 1010. The Hall–Kier alpha value is -3.26. The number of thiophene rings is 1. The number of primary amides is 1. The zero-order valence-corrected chi connectivity index (χ0v) is 14.5. The number of methoxy groups -OCH3 is 1. The largest absolute Gasteiger partial charge is 0.507 e. The first kappa shape index (κ1) is 17.6. The second kappa shape index (κ2) is 6.93. The molecule has 7 nitrogen and oxygen atoms in total. The molecule has 0 aliphatic heterocycles. The highest BCUT2D eigenvalue weighted by molar-refractivity contribution is 7.21. The number of hydrogen-bond acceptors (Lipinski definition) is 6. The molecule has 0 aliphatic rings. The molecule has 1 aromatic heterocycles. The number of hydrogen-bond donors (Lipinski definition) is 3. The number of phenolic OH excluding ortho intramolecular Hbond substituents is 1. The Morgan fingerprint density at radius 3 is 2.62 bits per heavy atom. The number of phenols is 1. The van der Waals surface area contributed by atoms with Crippen LogP contribution in [0, 0.1) is 0 Å². The van der Waals surface area contributed by atoms with Gasteiger partial charge in [0.25, 0.3) is 0 Å². The van der Waals surface area contributed by atoms with E-state index in [1.807, 2.05) is 0 Å². The number of nitrogens with two attached hydrogens (primary N) is 1. The molecular weight excluding hydrogens is 358 g/mol. The molecule has 8 heteroatoms. The van der Waals surface area contributed by atoms with Crippen molar-refractivity contribution in [2.24, 2.45) is 5.73 Å². The van der Waals surface area contributed by atoms with E-state index in [9.17, 15) is 19.8 Å². The first-order valence-corrected chi connectivity index (χ1v) is 8.31. The zero-order valence-electron chi connectivity index (χ0n) is 13.7.